The lowest BCUT2D eigenvalue weighted by atomic mass is 10.0. The number of amides is 1. The molecule has 6 rings (SSSR count). The lowest BCUT2D eigenvalue weighted by Crippen LogP contribution is -2.40. The van der Waals surface area contributed by atoms with Crippen LogP contribution in [-0.4, -0.2) is 56.9 Å². The Morgan fingerprint density at radius 2 is 2.11 bits per heavy atom. The van der Waals surface area contributed by atoms with E-state index in [4.69, 9.17) is 14.7 Å². The van der Waals surface area contributed by atoms with Gasteiger partial charge in [0.15, 0.2) is 10.9 Å². The highest BCUT2D eigenvalue weighted by Crippen LogP contribution is 2.36. The van der Waals surface area contributed by atoms with E-state index in [9.17, 15) is 4.79 Å². The number of hydrogen-bond donors (Lipinski definition) is 3. The first-order chi connectivity index (χ1) is 17.2. The van der Waals surface area contributed by atoms with Crippen LogP contribution in [0.5, 0.6) is 0 Å². The number of rotatable bonds is 7. The minimum Gasteiger partial charge on any atom is -0.380 e. The molecule has 0 aromatic carbocycles. The Morgan fingerprint density at radius 3 is 2.91 bits per heavy atom. The first kappa shape index (κ1) is 22.4. The molecule has 1 aliphatic heterocycles. The molecule has 3 aromatic heterocycles. The second-order valence-electron chi connectivity index (χ2n) is 9.55. The minimum absolute atomic E-state index is 0.0735. The van der Waals surface area contributed by atoms with Gasteiger partial charge in [0.25, 0.3) is 0 Å². The quantitative estimate of drug-likeness (QED) is 0.454. The van der Waals surface area contributed by atoms with Gasteiger partial charge in [0.2, 0.25) is 11.9 Å². The van der Waals surface area contributed by atoms with Crippen molar-refractivity contribution in [3.05, 3.63) is 34.6 Å². The summed E-state index contributed by atoms with van der Waals surface area (Å²) in [5.74, 6) is 2.56. The van der Waals surface area contributed by atoms with Gasteiger partial charge in [-0.3, -0.25) is 9.89 Å². The zero-order valence-electron chi connectivity index (χ0n) is 19.8. The summed E-state index contributed by atoms with van der Waals surface area (Å²) in [7, 11) is 1.68. The van der Waals surface area contributed by atoms with Crippen molar-refractivity contribution in [2.45, 2.75) is 69.4 Å². The summed E-state index contributed by atoms with van der Waals surface area (Å²) in [5.41, 5.74) is 3.38. The summed E-state index contributed by atoms with van der Waals surface area (Å²) in [6.07, 6.45) is 10.1. The van der Waals surface area contributed by atoms with Crippen LogP contribution in [0.25, 0.3) is 0 Å². The molecule has 35 heavy (non-hydrogen) atoms. The van der Waals surface area contributed by atoms with Crippen LogP contribution in [0, 0.1) is 0 Å². The zero-order chi connectivity index (χ0) is 23.8. The normalized spacial score (nSPS) is 22.0. The molecule has 0 radical (unpaired) electrons. The maximum atomic E-state index is 13.2. The van der Waals surface area contributed by atoms with Gasteiger partial charge in [0.05, 0.1) is 11.8 Å². The maximum Gasteiger partial charge on any atom is 0.249 e. The van der Waals surface area contributed by atoms with Crippen molar-refractivity contribution in [2.24, 2.45) is 0 Å². The molecule has 1 amide bonds. The number of methoxy groups -OCH3 is 1. The summed E-state index contributed by atoms with van der Waals surface area (Å²) < 4.78 is 5.63. The molecule has 1 saturated carbocycles. The lowest BCUT2D eigenvalue weighted by Gasteiger charge is -2.24. The number of hydrogen-bond acceptors (Lipinski definition) is 9. The van der Waals surface area contributed by atoms with Gasteiger partial charge in [0, 0.05) is 54.9 Å². The monoisotopic (exact) mass is 494 g/mol. The Morgan fingerprint density at radius 1 is 1.23 bits per heavy atom. The predicted octanol–water partition coefficient (Wildman–Crippen LogP) is 3.78. The number of nitrogens with one attached hydrogen (secondary N) is 3. The van der Waals surface area contributed by atoms with Crippen LogP contribution in [0.2, 0.25) is 0 Å². The van der Waals surface area contributed by atoms with Crippen LogP contribution in [0.15, 0.2) is 17.6 Å². The Bertz CT molecular complexity index is 1190. The predicted molar refractivity (Wildman–Crippen MR) is 134 cm³/mol. The number of thiazole rings is 1. The number of carbonyl (C=O) groups is 1. The van der Waals surface area contributed by atoms with Gasteiger partial charge in [-0.1, -0.05) is 12.8 Å². The van der Waals surface area contributed by atoms with Crippen LogP contribution in [-0.2, 0) is 22.4 Å². The van der Waals surface area contributed by atoms with Crippen molar-refractivity contribution < 1.29 is 9.53 Å². The topological polar surface area (TPSA) is 121 Å². The molecule has 3 aliphatic rings. The van der Waals surface area contributed by atoms with E-state index in [1.807, 2.05) is 10.3 Å². The van der Waals surface area contributed by atoms with Crippen LogP contribution < -0.4 is 15.5 Å². The molecule has 11 heteroatoms. The van der Waals surface area contributed by atoms with E-state index < -0.39 is 6.04 Å². The molecule has 4 heterocycles. The summed E-state index contributed by atoms with van der Waals surface area (Å²) in [5, 5.41) is 16.6. The number of anilines is 4. The van der Waals surface area contributed by atoms with E-state index in [0.29, 0.717) is 30.0 Å². The van der Waals surface area contributed by atoms with E-state index in [1.54, 1.807) is 13.3 Å². The maximum absolute atomic E-state index is 13.2. The Balaban J connectivity index is 1.28. The van der Waals surface area contributed by atoms with E-state index in [0.717, 1.165) is 42.2 Å². The van der Waals surface area contributed by atoms with Gasteiger partial charge in [0.1, 0.15) is 11.9 Å². The molecular weight excluding hydrogens is 464 g/mol. The van der Waals surface area contributed by atoms with E-state index in [-0.39, 0.29) is 12.0 Å². The van der Waals surface area contributed by atoms with Crippen molar-refractivity contribution in [3.8, 4) is 0 Å². The molecule has 0 spiro atoms. The van der Waals surface area contributed by atoms with Crippen LogP contribution in [0.3, 0.4) is 0 Å². The molecule has 3 N–H and O–H groups in total. The van der Waals surface area contributed by atoms with Gasteiger partial charge in [-0.05, 0) is 32.1 Å². The average molecular weight is 495 g/mol. The first-order valence-electron chi connectivity index (χ1n) is 12.4. The van der Waals surface area contributed by atoms with Crippen molar-refractivity contribution in [3.63, 3.8) is 0 Å². The number of ether oxygens (including phenoxy) is 1. The second kappa shape index (κ2) is 9.54. The summed E-state index contributed by atoms with van der Waals surface area (Å²) in [6.45, 7) is 0.554. The fraction of sp³-hybridized carbons (Fsp3) is 0.542. The van der Waals surface area contributed by atoms with Crippen LogP contribution >= 0.6 is 11.3 Å². The minimum atomic E-state index is -0.435. The summed E-state index contributed by atoms with van der Waals surface area (Å²) in [4.78, 5) is 29.2. The van der Waals surface area contributed by atoms with Crippen molar-refractivity contribution in [1.82, 2.24) is 25.1 Å². The fourth-order valence-electron chi connectivity index (χ4n) is 5.53. The van der Waals surface area contributed by atoms with Gasteiger partial charge >= 0.3 is 0 Å². The Labute approximate surface area is 207 Å². The largest absolute Gasteiger partial charge is 0.380 e. The third-order valence-corrected chi connectivity index (χ3v) is 8.07. The number of aromatic amines is 1. The van der Waals surface area contributed by atoms with Gasteiger partial charge in [-0.2, -0.15) is 10.1 Å². The van der Waals surface area contributed by atoms with Crippen LogP contribution in [0.4, 0.5) is 22.7 Å². The number of nitrogens with zero attached hydrogens (tertiary/aromatic N) is 5. The Kier molecular flexibility index (Phi) is 6.11. The molecule has 2 aliphatic carbocycles. The number of aromatic nitrogens is 5. The second-order valence-corrected chi connectivity index (χ2v) is 10.4. The van der Waals surface area contributed by atoms with Gasteiger partial charge in [-0.15, -0.1) is 11.3 Å². The number of aryl methyl sites for hydroxylation is 1. The molecule has 3 aromatic rings. The van der Waals surface area contributed by atoms with Crippen LogP contribution in [0.1, 0.15) is 61.4 Å². The molecule has 10 nitrogen and oxygen atoms in total. The number of fused-ring (bicyclic) bond motifs is 1. The molecule has 0 bridgehead atoms. The highest BCUT2D eigenvalue weighted by Gasteiger charge is 2.39. The first-order valence-corrected chi connectivity index (χ1v) is 13.3. The van der Waals surface area contributed by atoms with Gasteiger partial charge < -0.3 is 20.3 Å². The standard InChI is InChI=1S/C24H30N8O2S/c1-34-15-11-19(22(33)29-24-25-9-10-35-24)32(13-15)23-26-17-8-4-7-16(17)21(28-23)27-20-12-18(30-31-20)14-5-2-3-6-14/h9-10,12,14-15,19H,2-8,11,13H2,1H3,(H,25,29,33)(H2,26,27,28,30,31). The third kappa shape index (κ3) is 4.50. The van der Waals surface area contributed by atoms with E-state index in [2.05, 4.69) is 31.9 Å². The summed E-state index contributed by atoms with van der Waals surface area (Å²) >= 11 is 1.40. The molecule has 1 saturated heterocycles. The fourth-order valence-corrected chi connectivity index (χ4v) is 6.06. The highest BCUT2D eigenvalue weighted by molar-refractivity contribution is 7.13. The average Bonchev–Trinajstić information content (AvgIpc) is 3.67. The van der Waals surface area contributed by atoms with E-state index >= 15 is 0 Å². The molecule has 2 fully saturated rings. The lowest BCUT2D eigenvalue weighted by molar-refractivity contribution is -0.117. The third-order valence-electron chi connectivity index (χ3n) is 7.38. The van der Waals surface area contributed by atoms with Crippen molar-refractivity contribution >= 4 is 40.0 Å². The SMILES string of the molecule is COC1CC(C(=O)Nc2nccs2)N(c2nc3c(c(Nc4cc(C5CCCC5)[nH]n4)n2)CCC3)C1. The van der Waals surface area contributed by atoms with Crippen molar-refractivity contribution in [1.29, 1.82) is 0 Å². The highest BCUT2D eigenvalue weighted by atomic mass is 32.1. The smallest absolute Gasteiger partial charge is 0.249 e. The molecular formula is C24H30N8O2S. The van der Waals surface area contributed by atoms with Gasteiger partial charge in [-0.25, -0.2) is 9.97 Å². The zero-order valence-corrected chi connectivity index (χ0v) is 20.6. The number of carbonyl (C=O) groups excluding carboxylic acids is 1. The molecule has 184 valence electrons. The van der Waals surface area contributed by atoms with Crippen molar-refractivity contribution in [2.75, 3.05) is 29.2 Å². The molecule has 2 atom stereocenters. The molecule has 2 unspecified atom stereocenters. The number of H-pyrrole nitrogens is 1. The van der Waals surface area contributed by atoms with E-state index in [1.165, 1.54) is 42.7 Å². The summed E-state index contributed by atoms with van der Waals surface area (Å²) in [6, 6.07) is 1.68. The Hall–Kier alpha value is -3.05.